The largest absolute Gasteiger partial charge is 0.462 e. The Kier molecular flexibility index (Phi) is 4.14. The fraction of sp³-hybridized carbons (Fsp3) is 0.300. The maximum Gasteiger partial charge on any atom is 0.217 e. The average molecular weight is 335 g/mol. The highest BCUT2D eigenvalue weighted by Gasteiger charge is 2.29. The molecule has 1 saturated heterocycles. The average Bonchev–Trinajstić information content (AvgIpc) is 3.28. The van der Waals surface area contributed by atoms with E-state index >= 15 is 0 Å². The van der Waals surface area contributed by atoms with Crippen LogP contribution in [-0.2, 0) is 11.3 Å². The summed E-state index contributed by atoms with van der Waals surface area (Å²) in [5.74, 6) is 1.69. The van der Waals surface area contributed by atoms with Crippen molar-refractivity contribution >= 4 is 22.5 Å². The van der Waals surface area contributed by atoms with Crippen molar-refractivity contribution in [1.29, 1.82) is 0 Å². The maximum absolute atomic E-state index is 11.1. The van der Waals surface area contributed by atoms with Crippen LogP contribution in [0, 0.1) is 0 Å². The number of carbonyl (C=O) groups excluding carboxylic acids is 1. The number of rotatable bonds is 4. The normalized spacial score (nSPS) is 17.2. The number of amides is 1. The van der Waals surface area contributed by atoms with Gasteiger partial charge in [-0.05, 0) is 37.1 Å². The van der Waals surface area contributed by atoms with E-state index in [1.54, 1.807) is 0 Å². The van der Waals surface area contributed by atoms with Crippen molar-refractivity contribution in [2.75, 3.05) is 11.4 Å². The number of aromatic nitrogens is 1. The number of nitrogens with zero attached hydrogens (tertiary/aromatic N) is 2. The molecule has 5 heteroatoms. The first kappa shape index (κ1) is 15.7. The molecule has 0 unspecified atom stereocenters. The summed E-state index contributed by atoms with van der Waals surface area (Å²) in [6.45, 7) is 2.94. The maximum atomic E-state index is 11.1. The zero-order chi connectivity index (χ0) is 17.2. The Balaban J connectivity index is 1.63. The van der Waals surface area contributed by atoms with Crippen LogP contribution in [0.25, 0.3) is 10.9 Å². The number of furan rings is 1. The van der Waals surface area contributed by atoms with E-state index in [0.717, 1.165) is 36.4 Å². The van der Waals surface area contributed by atoms with Crippen LogP contribution in [0.1, 0.15) is 37.3 Å². The zero-order valence-corrected chi connectivity index (χ0v) is 14.2. The number of anilines is 1. The Morgan fingerprint density at radius 1 is 1.28 bits per heavy atom. The number of hydrogen-bond acceptors (Lipinski definition) is 4. The molecule has 1 aliphatic heterocycles. The first-order valence-electron chi connectivity index (χ1n) is 8.66. The Morgan fingerprint density at radius 3 is 3.04 bits per heavy atom. The highest BCUT2D eigenvalue weighted by Crippen LogP contribution is 2.39. The molecule has 1 amide bonds. The Labute approximate surface area is 146 Å². The Bertz CT molecular complexity index is 897. The van der Waals surface area contributed by atoms with E-state index in [9.17, 15) is 4.79 Å². The summed E-state index contributed by atoms with van der Waals surface area (Å²) in [6.07, 6.45) is 4.06. The van der Waals surface area contributed by atoms with Crippen LogP contribution in [0.2, 0.25) is 0 Å². The highest BCUT2D eigenvalue weighted by atomic mass is 16.3. The van der Waals surface area contributed by atoms with E-state index in [1.807, 2.05) is 30.5 Å². The van der Waals surface area contributed by atoms with Crippen molar-refractivity contribution < 1.29 is 9.21 Å². The fourth-order valence-electron chi connectivity index (χ4n) is 3.56. The third-order valence-electron chi connectivity index (χ3n) is 4.71. The number of benzene rings is 1. The van der Waals surface area contributed by atoms with Gasteiger partial charge in [0, 0.05) is 30.7 Å². The van der Waals surface area contributed by atoms with Crippen molar-refractivity contribution in [3.8, 4) is 0 Å². The summed E-state index contributed by atoms with van der Waals surface area (Å²) in [6, 6.07) is 14.5. The summed E-state index contributed by atoms with van der Waals surface area (Å²) in [5.41, 5.74) is 2.21. The zero-order valence-electron chi connectivity index (χ0n) is 14.2. The molecular weight excluding hydrogens is 314 g/mol. The third-order valence-corrected chi connectivity index (χ3v) is 4.71. The summed E-state index contributed by atoms with van der Waals surface area (Å²) in [4.78, 5) is 17.9. The number of hydrogen-bond donors (Lipinski definition) is 1. The topological polar surface area (TPSA) is 58.4 Å². The molecule has 1 fully saturated rings. The SMILES string of the molecule is CC(=O)NCc1ccc([C@H]2CCCN2c2ccnc3ccccc23)o1. The van der Waals surface area contributed by atoms with Gasteiger partial charge in [0.05, 0.1) is 18.1 Å². The lowest BCUT2D eigenvalue weighted by molar-refractivity contribution is -0.119. The van der Waals surface area contributed by atoms with Crippen LogP contribution in [0.3, 0.4) is 0 Å². The molecule has 4 rings (SSSR count). The van der Waals surface area contributed by atoms with Gasteiger partial charge in [-0.15, -0.1) is 0 Å². The van der Waals surface area contributed by atoms with Gasteiger partial charge in [-0.25, -0.2) is 0 Å². The van der Waals surface area contributed by atoms with Gasteiger partial charge in [0.2, 0.25) is 5.91 Å². The van der Waals surface area contributed by atoms with Gasteiger partial charge < -0.3 is 14.6 Å². The molecule has 0 aliphatic carbocycles. The molecule has 0 spiro atoms. The Morgan fingerprint density at radius 2 is 2.16 bits per heavy atom. The van der Waals surface area contributed by atoms with E-state index in [-0.39, 0.29) is 11.9 Å². The second-order valence-corrected chi connectivity index (χ2v) is 6.41. The standard InChI is InChI=1S/C20H21N3O2/c1-14(24)22-13-15-8-9-20(25-15)19-7-4-12-23(19)18-10-11-21-17-6-3-2-5-16(17)18/h2-3,5-6,8-11,19H,4,7,12-13H2,1H3,(H,22,24)/t19-/m1/s1. The number of pyridine rings is 1. The third kappa shape index (κ3) is 3.09. The van der Waals surface area contributed by atoms with E-state index in [2.05, 4.69) is 33.4 Å². The van der Waals surface area contributed by atoms with Gasteiger partial charge in [0.15, 0.2) is 0 Å². The number of fused-ring (bicyclic) bond motifs is 1. The van der Waals surface area contributed by atoms with Crippen molar-refractivity contribution in [3.63, 3.8) is 0 Å². The molecular formula is C20H21N3O2. The molecule has 2 aromatic heterocycles. The number of para-hydroxylation sites is 1. The van der Waals surface area contributed by atoms with E-state index in [4.69, 9.17) is 4.42 Å². The minimum atomic E-state index is -0.0521. The molecule has 1 atom stereocenters. The first-order chi connectivity index (χ1) is 12.2. The summed E-state index contributed by atoms with van der Waals surface area (Å²) in [5, 5.41) is 3.95. The van der Waals surface area contributed by atoms with Crippen LogP contribution in [-0.4, -0.2) is 17.4 Å². The minimum absolute atomic E-state index is 0.0521. The van der Waals surface area contributed by atoms with Gasteiger partial charge in [0.1, 0.15) is 11.5 Å². The molecule has 0 bridgehead atoms. The van der Waals surface area contributed by atoms with Gasteiger partial charge in [-0.1, -0.05) is 18.2 Å². The van der Waals surface area contributed by atoms with Crippen LogP contribution >= 0.6 is 0 Å². The lowest BCUT2D eigenvalue weighted by Crippen LogP contribution is -2.22. The van der Waals surface area contributed by atoms with Crippen LogP contribution in [0.5, 0.6) is 0 Å². The molecule has 1 aliphatic rings. The van der Waals surface area contributed by atoms with Gasteiger partial charge in [0.25, 0.3) is 0 Å². The molecule has 3 aromatic rings. The lowest BCUT2D eigenvalue weighted by atomic mass is 10.1. The van der Waals surface area contributed by atoms with Crippen molar-refractivity contribution in [3.05, 3.63) is 60.2 Å². The first-order valence-corrected chi connectivity index (χ1v) is 8.66. The predicted molar refractivity (Wildman–Crippen MR) is 97.3 cm³/mol. The van der Waals surface area contributed by atoms with Gasteiger partial charge >= 0.3 is 0 Å². The lowest BCUT2D eigenvalue weighted by Gasteiger charge is -2.26. The predicted octanol–water partition coefficient (Wildman–Crippen LogP) is 3.81. The summed E-state index contributed by atoms with van der Waals surface area (Å²) >= 11 is 0. The quantitative estimate of drug-likeness (QED) is 0.788. The fourth-order valence-corrected chi connectivity index (χ4v) is 3.56. The summed E-state index contributed by atoms with van der Waals surface area (Å²) < 4.78 is 6.01. The molecule has 5 nitrogen and oxygen atoms in total. The second-order valence-electron chi connectivity index (χ2n) is 6.41. The molecule has 0 radical (unpaired) electrons. The number of carbonyl (C=O) groups is 1. The monoisotopic (exact) mass is 335 g/mol. The van der Waals surface area contributed by atoms with Crippen molar-refractivity contribution in [2.24, 2.45) is 0 Å². The Hall–Kier alpha value is -2.82. The van der Waals surface area contributed by atoms with Crippen molar-refractivity contribution in [1.82, 2.24) is 10.3 Å². The highest BCUT2D eigenvalue weighted by molar-refractivity contribution is 5.91. The smallest absolute Gasteiger partial charge is 0.217 e. The molecule has 1 N–H and O–H groups in total. The molecule has 0 saturated carbocycles. The second kappa shape index (κ2) is 6.59. The minimum Gasteiger partial charge on any atom is -0.462 e. The molecule has 25 heavy (non-hydrogen) atoms. The van der Waals surface area contributed by atoms with Crippen LogP contribution < -0.4 is 10.2 Å². The van der Waals surface area contributed by atoms with Crippen LogP contribution in [0.15, 0.2) is 53.1 Å². The van der Waals surface area contributed by atoms with Crippen molar-refractivity contribution in [2.45, 2.75) is 32.4 Å². The van der Waals surface area contributed by atoms with E-state index < -0.39 is 0 Å². The van der Waals surface area contributed by atoms with Gasteiger partial charge in [-0.2, -0.15) is 0 Å². The number of nitrogens with one attached hydrogen (secondary N) is 1. The van der Waals surface area contributed by atoms with E-state index in [1.165, 1.54) is 18.0 Å². The van der Waals surface area contributed by atoms with Crippen LogP contribution in [0.4, 0.5) is 5.69 Å². The summed E-state index contributed by atoms with van der Waals surface area (Å²) in [7, 11) is 0. The van der Waals surface area contributed by atoms with Gasteiger partial charge in [-0.3, -0.25) is 9.78 Å². The van der Waals surface area contributed by atoms with E-state index in [0.29, 0.717) is 6.54 Å². The molecule has 3 heterocycles. The molecule has 1 aromatic carbocycles. The molecule has 128 valence electrons.